The number of thiol groups is 2. The molecule has 0 aliphatic heterocycles. The number of rotatable bonds is 84. The fourth-order valence-electron chi connectivity index (χ4n) is 11.2. The summed E-state index contributed by atoms with van der Waals surface area (Å²) in [4.78, 5) is 231. The third-order valence-electron chi connectivity index (χ3n) is 18.2. The van der Waals surface area contributed by atoms with Crippen molar-refractivity contribution in [3.63, 3.8) is 0 Å². The Morgan fingerprint density at radius 3 is 0.766 bits per heavy atom. The average Bonchev–Trinajstić information content (AvgIpc) is 0.895. The minimum atomic E-state index is -1.75. The van der Waals surface area contributed by atoms with E-state index in [0.717, 1.165) is 77.0 Å². The van der Waals surface area contributed by atoms with Crippen LogP contribution in [0.25, 0.3) is 0 Å². The number of unbranched alkanes of at least 4 members (excludes halogenated alkanes) is 13. The molecule has 17 N–H and O–H groups in total. The van der Waals surface area contributed by atoms with Gasteiger partial charge in [0.1, 0.15) is 62.4 Å². The molecule has 0 aliphatic rings. The number of carboxylic acids is 7. The van der Waals surface area contributed by atoms with Gasteiger partial charge in [-0.25, -0.2) is 24.0 Å². The highest BCUT2D eigenvalue weighted by Crippen LogP contribution is 2.19. The lowest BCUT2D eigenvalue weighted by Crippen LogP contribution is -2.46. The lowest BCUT2D eigenvalue weighted by Gasteiger charge is -2.19. The Labute approximate surface area is 730 Å². The molecule has 0 spiro atoms. The van der Waals surface area contributed by atoms with E-state index >= 15 is 0 Å². The number of ether oxygens (including phenoxy) is 8. The molecule has 0 aromatic heterocycles. The number of amides is 10. The first-order chi connectivity index (χ1) is 59.2. The number of ketones is 2. The van der Waals surface area contributed by atoms with Gasteiger partial charge >= 0.3 is 41.8 Å². The highest BCUT2D eigenvalue weighted by Gasteiger charge is 2.31. The van der Waals surface area contributed by atoms with E-state index in [4.69, 9.17) is 43.0 Å². The van der Waals surface area contributed by atoms with Crippen LogP contribution in [0.4, 0.5) is 0 Å². The van der Waals surface area contributed by atoms with Gasteiger partial charge in [0, 0.05) is 101 Å². The van der Waals surface area contributed by atoms with Crippen molar-refractivity contribution < 1.29 is 165 Å². The van der Waals surface area contributed by atoms with Crippen molar-refractivity contribution >= 4 is 138 Å². The second-order valence-corrected chi connectivity index (χ2v) is 29.3. The van der Waals surface area contributed by atoms with Gasteiger partial charge in [0.25, 0.3) is 0 Å². The smallest absolute Gasteiger partial charge is 0.326 e. The van der Waals surface area contributed by atoms with Crippen LogP contribution in [0.15, 0.2) is 0 Å². The lowest BCUT2D eigenvalue weighted by molar-refractivity contribution is -0.144. The number of aliphatic carboxylic acids is 7. The number of nitrogens with one attached hydrogen (secondary N) is 10. The van der Waals surface area contributed by atoms with E-state index in [9.17, 15) is 122 Å². The molecule has 0 saturated carbocycles. The molecular formula is C78H130N10O34S2. The van der Waals surface area contributed by atoms with Gasteiger partial charge in [-0.2, -0.15) is 25.3 Å². The Morgan fingerprint density at radius 2 is 0.492 bits per heavy atom. The van der Waals surface area contributed by atoms with Gasteiger partial charge in [-0.15, -0.1) is 0 Å². The van der Waals surface area contributed by atoms with Crippen molar-refractivity contribution in [1.82, 2.24) is 53.2 Å². The second-order valence-electron chi connectivity index (χ2n) is 28.6. The van der Waals surface area contributed by atoms with Crippen LogP contribution >= 0.6 is 25.3 Å². The molecule has 0 fully saturated rings. The van der Waals surface area contributed by atoms with E-state index in [2.05, 4.69) is 78.4 Å². The maximum atomic E-state index is 12.8. The van der Waals surface area contributed by atoms with Crippen LogP contribution in [0.5, 0.6) is 0 Å². The summed E-state index contributed by atoms with van der Waals surface area (Å²) in [6.07, 6.45) is 8.10. The summed E-state index contributed by atoms with van der Waals surface area (Å²) in [6, 6.07) is -9.15. The highest BCUT2D eigenvalue weighted by molar-refractivity contribution is 7.80. The molecular weight excluding hydrogens is 1690 g/mol. The van der Waals surface area contributed by atoms with Crippen molar-refractivity contribution in [3.05, 3.63) is 0 Å². The molecule has 0 aromatic rings. The molecule has 0 aliphatic carbocycles. The number of carbonyl (C=O) groups excluding carboxylic acids is 12. The normalized spacial score (nSPS) is 13.0. The Morgan fingerprint density at radius 1 is 0.250 bits per heavy atom. The second kappa shape index (κ2) is 74.0. The minimum absolute atomic E-state index is 0.00387. The fraction of sp³-hybridized carbons (Fsp3) is 0.756. The molecule has 0 saturated heterocycles. The first-order valence-electron chi connectivity index (χ1n) is 41.5. The van der Waals surface area contributed by atoms with Crippen LogP contribution in [0, 0.1) is 11.8 Å². The van der Waals surface area contributed by atoms with Crippen molar-refractivity contribution in [2.45, 2.75) is 223 Å². The summed E-state index contributed by atoms with van der Waals surface area (Å²) in [5, 5.41) is 90.2. The van der Waals surface area contributed by atoms with Crippen molar-refractivity contribution in [2.24, 2.45) is 11.8 Å². The number of carboxylic acid groups (broad SMARTS) is 7. The Balaban J connectivity index is 4.24. The number of hydrogen-bond acceptors (Lipinski definition) is 29. The van der Waals surface area contributed by atoms with Gasteiger partial charge < -0.3 is 127 Å². The van der Waals surface area contributed by atoms with Crippen LogP contribution in [0.3, 0.4) is 0 Å². The maximum Gasteiger partial charge on any atom is 0.326 e. The molecule has 708 valence electrons. The maximum absolute atomic E-state index is 12.8. The number of Topliss-reactive ketones (excluding diaryl/α,β-unsaturated/α-hetero) is 2. The molecule has 0 bridgehead atoms. The van der Waals surface area contributed by atoms with E-state index in [1.165, 1.54) is 6.92 Å². The Kier molecular flexibility index (Phi) is 68.5. The molecule has 44 nitrogen and oxygen atoms in total. The summed E-state index contributed by atoms with van der Waals surface area (Å²) in [5.41, 5.74) is 0. The van der Waals surface area contributed by atoms with Gasteiger partial charge in [-0.05, 0) is 51.9 Å². The summed E-state index contributed by atoms with van der Waals surface area (Å²) >= 11 is 8.07. The zero-order valence-electron chi connectivity index (χ0n) is 70.5. The van der Waals surface area contributed by atoms with E-state index in [0.29, 0.717) is 12.8 Å². The SMILES string of the molecule is C[C@H](NC(=O)COCCOCCNC(=O)COCCOCCNC(=O)COCCOCCNC(=O)COCCOCCNC(=O)CC[C@H](NC(=O)CC[C@H](NC(=O)CC[C@H](NC(=O)CC[C@H](NC(=O)CC[C@H](NC(=O)CCCCCCCCCCCCCCCCC(=O)O)C(=O)O)C(=O)O)C(=O)O)C(=O)O)C(=O)O)C(=O)C[C@@H](CS)C(=O)C[C@@H](CS)C(=O)O. The molecule has 10 amide bonds. The van der Waals surface area contributed by atoms with Crippen LogP contribution in [0.1, 0.15) is 187 Å². The molecule has 8 atom stereocenters. The molecule has 46 heteroatoms. The van der Waals surface area contributed by atoms with Crippen molar-refractivity contribution in [2.75, 3.05) is 143 Å². The van der Waals surface area contributed by atoms with Gasteiger partial charge in [-0.1, -0.05) is 77.0 Å². The predicted molar refractivity (Wildman–Crippen MR) is 443 cm³/mol. The van der Waals surface area contributed by atoms with Crippen LogP contribution in [-0.4, -0.2) is 328 Å². The monoisotopic (exact) mass is 1810 g/mol. The summed E-state index contributed by atoms with van der Waals surface area (Å²) in [6.45, 7) is 1.94. The first-order valence-corrected chi connectivity index (χ1v) is 42.8. The van der Waals surface area contributed by atoms with E-state index in [-0.39, 0.29) is 182 Å². The van der Waals surface area contributed by atoms with E-state index in [1.54, 1.807) is 0 Å². The van der Waals surface area contributed by atoms with E-state index < -0.39 is 212 Å². The molecule has 0 aromatic carbocycles. The molecule has 0 radical (unpaired) electrons. The largest absolute Gasteiger partial charge is 0.481 e. The van der Waals surface area contributed by atoms with Gasteiger partial charge in [-0.3, -0.25) is 67.1 Å². The van der Waals surface area contributed by atoms with Crippen molar-refractivity contribution in [3.8, 4) is 0 Å². The van der Waals surface area contributed by atoms with E-state index in [1.807, 2.05) is 0 Å². The number of carbonyl (C=O) groups is 19. The summed E-state index contributed by atoms with van der Waals surface area (Å²) in [5.74, 6) is -19.2. The van der Waals surface area contributed by atoms with Crippen molar-refractivity contribution in [1.29, 1.82) is 0 Å². The lowest BCUT2D eigenvalue weighted by atomic mass is 9.91. The standard InChI is InChI=1S/C78H130N10O34S2/c1-52(60(89)44-53(50-123)61(90)45-54(51-124)73(103)104)83-71(100)49-122-43-39-118-35-31-82-70(99)48-121-42-38-117-34-30-81-69(98)47-120-41-37-116-33-29-80-68(97)46-119-40-36-115-32-28-79-62(91)23-18-55(74(105)106)85-64(93)25-20-57(76(109)110)87-66(95)27-22-59(78(113)114)88-67(96)26-21-58(77(111)112)86-65(94)24-19-56(75(107)108)84-63(92)16-14-12-10-8-6-4-2-3-5-7-9-11-13-15-17-72(101)102/h52-59,123-124H,2-51H2,1H3,(H,79,91)(H,80,97)(H,81,98)(H,82,99)(H,83,100)(H,84,92)(H,85,93)(H,86,94)(H,87,95)(H,88,96)(H,101,102)(H,103,104)(H,105,106)(H,107,108)(H,109,110)(H,111,112)(H,113,114)/t52-,53-,54-,55-,56-,57-,58-,59-/m0/s1. The molecule has 0 unspecified atom stereocenters. The summed E-state index contributed by atoms with van der Waals surface area (Å²) < 4.78 is 42.5. The topological polar surface area (TPSA) is 660 Å². The third kappa shape index (κ3) is 65.3. The van der Waals surface area contributed by atoms with Crippen LogP contribution < -0.4 is 53.2 Å². The average molecular weight is 1820 g/mol. The quantitative estimate of drug-likeness (QED) is 0.0263. The van der Waals surface area contributed by atoms with Gasteiger partial charge in [0.15, 0.2) is 5.78 Å². The van der Waals surface area contributed by atoms with Gasteiger partial charge in [0.2, 0.25) is 59.1 Å². The Bertz CT molecular complexity index is 3250. The zero-order valence-corrected chi connectivity index (χ0v) is 72.3. The summed E-state index contributed by atoms with van der Waals surface area (Å²) in [7, 11) is 0. The van der Waals surface area contributed by atoms with Gasteiger partial charge in [0.05, 0.1) is 91.2 Å². The third-order valence-corrected chi connectivity index (χ3v) is 19.1. The zero-order chi connectivity index (χ0) is 92.7. The highest BCUT2D eigenvalue weighted by atomic mass is 32.1. The molecule has 0 rings (SSSR count). The Hall–Kier alpha value is -9.29. The van der Waals surface area contributed by atoms with Crippen LogP contribution in [0.2, 0.25) is 0 Å². The molecule has 0 heterocycles. The minimum Gasteiger partial charge on any atom is -0.481 e. The molecule has 124 heavy (non-hydrogen) atoms. The van der Waals surface area contributed by atoms with Crippen LogP contribution in [-0.2, 0) is 129 Å². The number of hydrogen-bond donors (Lipinski definition) is 19. The first kappa shape index (κ1) is 115. The predicted octanol–water partition coefficient (Wildman–Crippen LogP) is -0.742. The fourth-order valence-corrected chi connectivity index (χ4v) is 11.8.